The first-order valence-corrected chi connectivity index (χ1v) is 10.9. The molecule has 5 nitrogen and oxygen atoms in total. The SMILES string of the molecule is C=CCOCC1CCCN(CC2CCCCC2NC(=O)c2ccc(C#N)cc2)C1. The molecule has 3 rings (SSSR count). The van der Waals surface area contributed by atoms with Crippen molar-refractivity contribution in [3.8, 4) is 6.07 Å². The quantitative estimate of drug-likeness (QED) is 0.538. The Balaban J connectivity index is 1.54. The molecule has 1 saturated carbocycles. The van der Waals surface area contributed by atoms with Crippen LogP contribution in [0.2, 0.25) is 0 Å². The Bertz CT molecular complexity index is 710. The Labute approximate surface area is 174 Å². The van der Waals surface area contributed by atoms with Gasteiger partial charge < -0.3 is 15.0 Å². The van der Waals surface area contributed by atoms with Crippen LogP contribution in [0.3, 0.4) is 0 Å². The lowest BCUT2D eigenvalue weighted by Gasteiger charge is -2.39. The molecule has 1 aromatic carbocycles. The summed E-state index contributed by atoms with van der Waals surface area (Å²) in [6, 6.07) is 9.21. The van der Waals surface area contributed by atoms with Crippen molar-refractivity contribution in [2.45, 2.75) is 44.6 Å². The molecule has 1 heterocycles. The second kappa shape index (κ2) is 11.1. The Morgan fingerprint density at radius 2 is 2.03 bits per heavy atom. The van der Waals surface area contributed by atoms with Gasteiger partial charge in [-0.25, -0.2) is 0 Å². The number of piperidine rings is 1. The van der Waals surface area contributed by atoms with E-state index in [0.29, 0.717) is 29.6 Å². The predicted molar refractivity (Wildman–Crippen MR) is 115 cm³/mol. The number of hydrogen-bond acceptors (Lipinski definition) is 4. The van der Waals surface area contributed by atoms with Gasteiger partial charge in [-0.05, 0) is 68.3 Å². The van der Waals surface area contributed by atoms with Crippen molar-refractivity contribution in [2.24, 2.45) is 11.8 Å². The maximum atomic E-state index is 12.7. The normalized spacial score (nSPS) is 25.1. The second-order valence-electron chi connectivity index (χ2n) is 8.41. The topological polar surface area (TPSA) is 65.4 Å². The summed E-state index contributed by atoms with van der Waals surface area (Å²) in [5.74, 6) is 1.07. The molecule has 1 N–H and O–H groups in total. The molecule has 1 saturated heterocycles. The highest BCUT2D eigenvalue weighted by Gasteiger charge is 2.30. The molecule has 2 aliphatic rings. The molecule has 3 unspecified atom stereocenters. The van der Waals surface area contributed by atoms with Crippen LogP contribution in [-0.2, 0) is 4.74 Å². The molecule has 1 amide bonds. The molecule has 156 valence electrons. The summed E-state index contributed by atoms with van der Waals surface area (Å²) >= 11 is 0. The first-order valence-electron chi connectivity index (χ1n) is 10.9. The number of likely N-dealkylation sites (tertiary alicyclic amines) is 1. The van der Waals surface area contributed by atoms with E-state index in [9.17, 15) is 4.79 Å². The van der Waals surface area contributed by atoms with E-state index in [4.69, 9.17) is 10.00 Å². The van der Waals surface area contributed by atoms with E-state index in [1.807, 2.05) is 6.08 Å². The van der Waals surface area contributed by atoms with E-state index in [1.165, 1.54) is 32.1 Å². The summed E-state index contributed by atoms with van der Waals surface area (Å²) in [6.45, 7) is 8.44. The summed E-state index contributed by atoms with van der Waals surface area (Å²) < 4.78 is 5.68. The van der Waals surface area contributed by atoms with Crippen molar-refractivity contribution in [1.29, 1.82) is 5.26 Å². The van der Waals surface area contributed by atoms with Crippen molar-refractivity contribution in [3.63, 3.8) is 0 Å². The molecule has 0 radical (unpaired) electrons. The van der Waals surface area contributed by atoms with Crippen LogP contribution in [0.1, 0.15) is 54.4 Å². The number of rotatable bonds is 8. The lowest BCUT2D eigenvalue weighted by molar-refractivity contribution is 0.0599. The van der Waals surface area contributed by atoms with Gasteiger partial charge in [-0.2, -0.15) is 5.26 Å². The molecular formula is C24H33N3O2. The van der Waals surface area contributed by atoms with Gasteiger partial charge in [0, 0.05) is 24.7 Å². The van der Waals surface area contributed by atoms with Crippen LogP contribution in [-0.4, -0.2) is 49.7 Å². The zero-order valence-electron chi connectivity index (χ0n) is 17.3. The lowest BCUT2D eigenvalue weighted by Crippen LogP contribution is -2.48. The molecule has 1 aromatic rings. The van der Waals surface area contributed by atoms with Gasteiger partial charge in [0.2, 0.25) is 0 Å². The minimum atomic E-state index is -0.0271. The first-order chi connectivity index (χ1) is 14.2. The third-order valence-corrected chi connectivity index (χ3v) is 6.19. The smallest absolute Gasteiger partial charge is 0.251 e. The number of nitriles is 1. The molecule has 3 atom stereocenters. The van der Waals surface area contributed by atoms with Gasteiger partial charge in [0.05, 0.1) is 24.8 Å². The Morgan fingerprint density at radius 3 is 2.79 bits per heavy atom. The summed E-state index contributed by atoms with van der Waals surface area (Å²) in [4.78, 5) is 15.3. The summed E-state index contributed by atoms with van der Waals surface area (Å²) in [6.07, 6.45) is 8.90. The van der Waals surface area contributed by atoms with Gasteiger partial charge in [0.15, 0.2) is 0 Å². The Morgan fingerprint density at radius 1 is 1.24 bits per heavy atom. The molecule has 0 aromatic heterocycles. The van der Waals surface area contributed by atoms with Gasteiger partial charge in [-0.3, -0.25) is 4.79 Å². The molecule has 1 aliphatic heterocycles. The monoisotopic (exact) mass is 395 g/mol. The lowest BCUT2D eigenvalue weighted by atomic mass is 9.83. The minimum absolute atomic E-state index is 0.0271. The van der Waals surface area contributed by atoms with E-state index in [1.54, 1.807) is 24.3 Å². The Kier molecular flexibility index (Phi) is 8.27. The number of nitrogens with one attached hydrogen (secondary N) is 1. The van der Waals surface area contributed by atoms with Crippen molar-refractivity contribution >= 4 is 5.91 Å². The third kappa shape index (κ3) is 6.42. The highest BCUT2D eigenvalue weighted by molar-refractivity contribution is 5.94. The largest absolute Gasteiger partial charge is 0.377 e. The summed E-state index contributed by atoms with van der Waals surface area (Å²) in [7, 11) is 0. The molecule has 2 fully saturated rings. The van der Waals surface area contributed by atoms with Crippen LogP contribution in [0.15, 0.2) is 36.9 Å². The number of ether oxygens (including phenoxy) is 1. The van der Waals surface area contributed by atoms with Gasteiger partial charge in [-0.15, -0.1) is 6.58 Å². The van der Waals surface area contributed by atoms with Crippen LogP contribution < -0.4 is 5.32 Å². The van der Waals surface area contributed by atoms with Crippen LogP contribution in [0.5, 0.6) is 0 Å². The average molecular weight is 396 g/mol. The second-order valence-corrected chi connectivity index (χ2v) is 8.41. The standard InChI is InChI=1S/C24H33N3O2/c1-2-14-29-18-20-6-5-13-27(16-20)17-22-7-3-4-8-23(22)26-24(28)21-11-9-19(15-25)10-12-21/h2,9-12,20,22-23H,1,3-8,13-14,16-18H2,(H,26,28). The van der Waals surface area contributed by atoms with Crippen molar-refractivity contribution in [2.75, 3.05) is 32.8 Å². The van der Waals surface area contributed by atoms with E-state index in [-0.39, 0.29) is 11.9 Å². The van der Waals surface area contributed by atoms with E-state index >= 15 is 0 Å². The van der Waals surface area contributed by atoms with E-state index < -0.39 is 0 Å². The van der Waals surface area contributed by atoms with Crippen LogP contribution in [0.25, 0.3) is 0 Å². The van der Waals surface area contributed by atoms with E-state index in [2.05, 4.69) is 22.9 Å². The van der Waals surface area contributed by atoms with Crippen molar-refractivity contribution in [3.05, 3.63) is 48.0 Å². The third-order valence-electron chi connectivity index (χ3n) is 6.19. The maximum absolute atomic E-state index is 12.7. The zero-order valence-corrected chi connectivity index (χ0v) is 17.3. The summed E-state index contributed by atoms with van der Waals surface area (Å²) in [5, 5.41) is 12.2. The number of hydrogen-bond donors (Lipinski definition) is 1. The van der Waals surface area contributed by atoms with Gasteiger partial charge in [0.1, 0.15) is 0 Å². The molecule has 29 heavy (non-hydrogen) atoms. The highest BCUT2D eigenvalue weighted by Crippen LogP contribution is 2.27. The fourth-order valence-corrected chi connectivity index (χ4v) is 4.67. The van der Waals surface area contributed by atoms with Crippen LogP contribution >= 0.6 is 0 Å². The van der Waals surface area contributed by atoms with E-state index in [0.717, 1.165) is 32.7 Å². The number of nitrogens with zero attached hydrogens (tertiary/aromatic N) is 2. The number of amides is 1. The maximum Gasteiger partial charge on any atom is 0.251 e. The van der Waals surface area contributed by atoms with Gasteiger partial charge in [-0.1, -0.05) is 18.9 Å². The van der Waals surface area contributed by atoms with Crippen molar-refractivity contribution < 1.29 is 9.53 Å². The highest BCUT2D eigenvalue weighted by atomic mass is 16.5. The Hall–Kier alpha value is -2.16. The fraction of sp³-hybridized carbons (Fsp3) is 0.583. The minimum Gasteiger partial charge on any atom is -0.377 e. The predicted octanol–water partition coefficient (Wildman–Crippen LogP) is 3.76. The van der Waals surface area contributed by atoms with Gasteiger partial charge in [0.25, 0.3) is 5.91 Å². The molecule has 1 aliphatic carbocycles. The van der Waals surface area contributed by atoms with Crippen molar-refractivity contribution in [1.82, 2.24) is 10.2 Å². The molecular weight excluding hydrogens is 362 g/mol. The number of carbonyl (C=O) groups excluding carboxylic acids is 1. The van der Waals surface area contributed by atoms with Gasteiger partial charge >= 0.3 is 0 Å². The number of benzene rings is 1. The molecule has 0 bridgehead atoms. The number of carbonyl (C=O) groups is 1. The van der Waals surface area contributed by atoms with Crippen LogP contribution in [0.4, 0.5) is 0 Å². The fourth-order valence-electron chi connectivity index (χ4n) is 4.67. The molecule has 0 spiro atoms. The first kappa shape index (κ1) is 21.5. The van der Waals surface area contributed by atoms with Crippen LogP contribution in [0, 0.1) is 23.2 Å². The zero-order chi connectivity index (χ0) is 20.5. The molecule has 5 heteroatoms. The average Bonchev–Trinajstić information content (AvgIpc) is 2.76. The summed E-state index contributed by atoms with van der Waals surface area (Å²) in [5.41, 5.74) is 1.21.